The molecule has 1 aliphatic rings. The van der Waals surface area contributed by atoms with Crippen molar-refractivity contribution in [3.05, 3.63) is 223 Å². The van der Waals surface area contributed by atoms with Gasteiger partial charge in [-0.15, -0.1) is 11.3 Å². The van der Waals surface area contributed by atoms with E-state index in [0.29, 0.717) is 0 Å². The highest BCUT2D eigenvalue weighted by Crippen LogP contribution is 2.52. The summed E-state index contributed by atoms with van der Waals surface area (Å²) < 4.78 is 2.66. The van der Waals surface area contributed by atoms with Gasteiger partial charge in [0.05, 0.1) is 0 Å². The molecule has 0 atom stereocenters. The first-order valence-corrected chi connectivity index (χ1v) is 22.0. The summed E-state index contributed by atoms with van der Waals surface area (Å²) >= 11 is 1.88. The Morgan fingerprint density at radius 1 is 0.344 bits per heavy atom. The molecule has 288 valence electrons. The standard InChI is InChI=1S/C59H41NS/c1-59(2)55-36-41(38-13-4-3-5-14-38)27-33-50(55)51-34-32-45(37-56(51)59)60(43-28-23-39(24-29-43)47-20-12-21-53-52-19-10-11-22-57(52)61-58(47)53)44-30-25-40(26-31-44)54-35-42-15-6-7-16-46(42)48-17-8-9-18-49(48)54/h3-37H,1-2H3. The normalized spacial score (nSPS) is 12.9. The first kappa shape index (κ1) is 35.7. The molecule has 0 unspecified atom stereocenters. The van der Waals surface area contributed by atoms with Crippen molar-refractivity contribution in [3.63, 3.8) is 0 Å². The number of rotatable bonds is 6. The van der Waals surface area contributed by atoms with Crippen molar-refractivity contribution in [1.29, 1.82) is 0 Å². The van der Waals surface area contributed by atoms with E-state index >= 15 is 0 Å². The lowest BCUT2D eigenvalue weighted by molar-refractivity contribution is 0.660. The van der Waals surface area contributed by atoms with Crippen molar-refractivity contribution in [1.82, 2.24) is 0 Å². The number of anilines is 3. The summed E-state index contributed by atoms with van der Waals surface area (Å²) in [7, 11) is 0. The summed E-state index contributed by atoms with van der Waals surface area (Å²) in [6.45, 7) is 4.76. The van der Waals surface area contributed by atoms with Crippen LogP contribution in [0.3, 0.4) is 0 Å². The lowest BCUT2D eigenvalue weighted by atomic mass is 9.81. The Morgan fingerprint density at radius 2 is 0.902 bits per heavy atom. The zero-order valence-electron chi connectivity index (χ0n) is 34.1. The van der Waals surface area contributed by atoms with E-state index in [0.717, 1.165) is 17.1 Å². The van der Waals surface area contributed by atoms with E-state index in [1.54, 1.807) is 0 Å². The van der Waals surface area contributed by atoms with Crippen LogP contribution in [-0.4, -0.2) is 0 Å². The fourth-order valence-corrected chi connectivity index (χ4v) is 11.2. The van der Waals surface area contributed by atoms with E-state index in [2.05, 4.69) is 231 Å². The van der Waals surface area contributed by atoms with Crippen molar-refractivity contribution in [3.8, 4) is 44.5 Å². The number of nitrogens with zero attached hydrogens (tertiary/aromatic N) is 1. The summed E-state index contributed by atoms with van der Waals surface area (Å²) in [6, 6.07) is 78.6. The summed E-state index contributed by atoms with van der Waals surface area (Å²) in [4.78, 5) is 2.43. The first-order chi connectivity index (χ1) is 30.0. The third-order valence-electron chi connectivity index (χ3n) is 13.1. The van der Waals surface area contributed by atoms with Crippen LogP contribution >= 0.6 is 11.3 Å². The minimum absolute atomic E-state index is 0.176. The minimum atomic E-state index is -0.176. The molecule has 1 nitrogen and oxygen atoms in total. The number of fused-ring (bicyclic) bond motifs is 9. The molecule has 0 N–H and O–H groups in total. The predicted octanol–water partition coefficient (Wildman–Crippen LogP) is 17.1. The second-order valence-electron chi connectivity index (χ2n) is 16.9. The maximum absolute atomic E-state index is 2.44. The molecule has 12 rings (SSSR count). The van der Waals surface area contributed by atoms with E-state index in [1.807, 2.05) is 11.3 Å². The second-order valence-corrected chi connectivity index (χ2v) is 17.9. The Morgan fingerprint density at radius 3 is 1.66 bits per heavy atom. The Labute approximate surface area is 360 Å². The molecule has 0 fully saturated rings. The molecule has 1 heterocycles. The number of hydrogen-bond acceptors (Lipinski definition) is 2. The van der Waals surface area contributed by atoms with Crippen LogP contribution in [0.5, 0.6) is 0 Å². The van der Waals surface area contributed by atoms with Crippen LogP contribution in [0, 0.1) is 0 Å². The minimum Gasteiger partial charge on any atom is -0.310 e. The van der Waals surface area contributed by atoms with Gasteiger partial charge < -0.3 is 4.90 Å². The van der Waals surface area contributed by atoms with Crippen LogP contribution in [-0.2, 0) is 5.41 Å². The van der Waals surface area contributed by atoms with Crippen molar-refractivity contribution in [2.75, 3.05) is 4.90 Å². The number of thiophene rings is 1. The maximum atomic E-state index is 2.44. The van der Waals surface area contributed by atoms with Gasteiger partial charge in [0.15, 0.2) is 0 Å². The zero-order chi connectivity index (χ0) is 40.7. The molecule has 10 aromatic carbocycles. The molecule has 0 aliphatic heterocycles. The Hall–Kier alpha value is -7.26. The van der Waals surface area contributed by atoms with Crippen molar-refractivity contribution < 1.29 is 0 Å². The van der Waals surface area contributed by atoms with E-state index in [1.165, 1.54) is 97.4 Å². The topological polar surface area (TPSA) is 3.24 Å². The largest absolute Gasteiger partial charge is 0.310 e. The van der Waals surface area contributed by atoms with E-state index in [9.17, 15) is 0 Å². The van der Waals surface area contributed by atoms with Gasteiger partial charge in [-0.1, -0.05) is 172 Å². The summed E-state index contributed by atoms with van der Waals surface area (Å²) in [6.07, 6.45) is 0. The predicted molar refractivity (Wildman–Crippen MR) is 263 cm³/mol. The lowest BCUT2D eigenvalue weighted by Crippen LogP contribution is -2.16. The average Bonchev–Trinajstić information content (AvgIpc) is 3.81. The molecule has 0 bridgehead atoms. The average molecular weight is 796 g/mol. The van der Waals surface area contributed by atoms with Crippen molar-refractivity contribution in [2.45, 2.75) is 19.3 Å². The third kappa shape index (κ3) is 5.74. The molecule has 0 radical (unpaired) electrons. The Kier molecular flexibility index (Phi) is 8.13. The molecule has 0 saturated heterocycles. The van der Waals surface area contributed by atoms with Gasteiger partial charge in [-0.25, -0.2) is 0 Å². The fraction of sp³-hybridized carbons (Fsp3) is 0.0508. The van der Waals surface area contributed by atoms with Gasteiger partial charge in [0.2, 0.25) is 0 Å². The molecule has 2 heteroatoms. The molecule has 0 amide bonds. The Balaban J connectivity index is 0.981. The van der Waals surface area contributed by atoms with Gasteiger partial charge in [0, 0.05) is 42.6 Å². The molecular weight excluding hydrogens is 755 g/mol. The van der Waals surface area contributed by atoms with Crippen molar-refractivity contribution >= 4 is 70.1 Å². The van der Waals surface area contributed by atoms with Crippen LogP contribution in [0.4, 0.5) is 17.1 Å². The highest BCUT2D eigenvalue weighted by atomic mass is 32.1. The maximum Gasteiger partial charge on any atom is 0.0465 e. The molecule has 0 spiro atoms. The number of hydrogen-bond donors (Lipinski definition) is 0. The van der Waals surface area contributed by atoms with Crippen LogP contribution in [0.25, 0.3) is 86.2 Å². The van der Waals surface area contributed by atoms with Crippen molar-refractivity contribution in [2.24, 2.45) is 0 Å². The van der Waals surface area contributed by atoms with E-state index in [-0.39, 0.29) is 5.41 Å². The lowest BCUT2D eigenvalue weighted by Gasteiger charge is -2.28. The highest BCUT2D eigenvalue weighted by Gasteiger charge is 2.36. The van der Waals surface area contributed by atoms with Gasteiger partial charge in [0.1, 0.15) is 0 Å². The summed E-state index contributed by atoms with van der Waals surface area (Å²) in [5.74, 6) is 0. The van der Waals surface area contributed by atoms with E-state index in [4.69, 9.17) is 0 Å². The highest BCUT2D eigenvalue weighted by molar-refractivity contribution is 7.26. The van der Waals surface area contributed by atoms with Gasteiger partial charge in [-0.2, -0.15) is 0 Å². The molecule has 1 aliphatic carbocycles. The van der Waals surface area contributed by atoms with Gasteiger partial charge >= 0.3 is 0 Å². The molecule has 11 aromatic rings. The third-order valence-corrected chi connectivity index (χ3v) is 14.3. The number of benzene rings is 10. The van der Waals surface area contributed by atoms with Gasteiger partial charge in [-0.3, -0.25) is 0 Å². The molecule has 0 saturated carbocycles. The first-order valence-electron chi connectivity index (χ1n) is 21.2. The Bertz CT molecular complexity index is 3480. The van der Waals surface area contributed by atoms with Crippen LogP contribution in [0.2, 0.25) is 0 Å². The SMILES string of the molecule is CC1(C)c2cc(-c3ccccc3)ccc2-c2ccc(N(c3ccc(-c4cc5ccccc5c5ccccc45)cc3)c3ccc(-c4cccc5c4sc4ccccc45)cc3)cc21. The molecule has 61 heavy (non-hydrogen) atoms. The summed E-state index contributed by atoms with van der Waals surface area (Å²) in [5.41, 5.74) is 16.0. The molecular formula is C59H41NS. The smallest absolute Gasteiger partial charge is 0.0465 e. The van der Waals surface area contributed by atoms with Crippen LogP contribution < -0.4 is 4.90 Å². The van der Waals surface area contributed by atoms with E-state index < -0.39 is 0 Å². The van der Waals surface area contributed by atoms with Gasteiger partial charge in [-0.05, 0) is 132 Å². The zero-order valence-corrected chi connectivity index (χ0v) is 34.9. The quantitative estimate of drug-likeness (QED) is 0.152. The fourth-order valence-electron chi connectivity index (χ4n) is 9.97. The van der Waals surface area contributed by atoms with Crippen LogP contribution in [0.15, 0.2) is 212 Å². The van der Waals surface area contributed by atoms with Crippen LogP contribution in [0.1, 0.15) is 25.0 Å². The second kappa shape index (κ2) is 13.9. The summed E-state index contributed by atoms with van der Waals surface area (Å²) in [5, 5.41) is 7.74. The van der Waals surface area contributed by atoms with Gasteiger partial charge in [0.25, 0.3) is 0 Å². The molecule has 1 aromatic heterocycles. The monoisotopic (exact) mass is 795 g/mol.